The first-order chi connectivity index (χ1) is 7.75. The molecule has 1 saturated heterocycles. The molecule has 0 spiro atoms. The summed E-state index contributed by atoms with van der Waals surface area (Å²) in [5.74, 6) is 0. The van der Waals surface area contributed by atoms with Gasteiger partial charge in [0.1, 0.15) is 7.85 Å². The van der Waals surface area contributed by atoms with Crippen molar-refractivity contribution in [1.82, 2.24) is 0 Å². The molecule has 16 heavy (non-hydrogen) atoms. The molecule has 1 aromatic carbocycles. The van der Waals surface area contributed by atoms with Gasteiger partial charge in [-0.3, -0.25) is 0 Å². The Morgan fingerprint density at radius 1 is 1.38 bits per heavy atom. The highest BCUT2D eigenvalue weighted by Gasteiger charge is 2.17. The van der Waals surface area contributed by atoms with Gasteiger partial charge in [-0.25, -0.2) is 0 Å². The van der Waals surface area contributed by atoms with Gasteiger partial charge in [0.25, 0.3) is 0 Å². The van der Waals surface area contributed by atoms with E-state index in [4.69, 9.17) is 17.3 Å². The van der Waals surface area contributed by atoms with Gasteiger partial charge in [-0.2, -0.15) is 0 Å². The van der Waals surface area contributed by atoms with E-state index >= 15 is 0 Å². The normalized spacial score (nSPS) is 19.6. The van der Waals surface area contributed by atoms with Gasteiger partial charge in [-0.1, -0.05) is 29.7 Å². The Labute approximate surface area is 98.4 Å². The third-order valence-electron chi connectivity index (χ3n) is 2.95. The fraction of sp³-hybridized carbons (Fsp3) is 0.538. The zero-order valence-corrected chi connectivity index (χ0v) is 9.69. The van der Waals surface area contributed by atoms with Gasteiger partial charge in [0.15, 0.2) is 0 Å². The van der Waals surface area contributed by atoms with Crippen molar-refractivity contribution in [1.29, 1.82) is 0 Å². The number of rotatable bonds is 3. The van der Waals surface area contributed by atoms with Crippen LogP contribution in [-0.2, 0) is 9.47 Å². The van der Waals surface area contributed by atoms with Crippen LogP contribution in [0.5, 0.6) is 0 Å². The Bertz CT molecular complexity index is 334. The van der Waals surface area contributed by atoms with Gasteiger partial charge >= 0.3 is 0 Å². The second-order valence-electron chi connectivity index (χ2n) is 4.26. The lowest BCUT2D eigenvalue weighted by Gasteiger charge is -2.26. The minimum absolute atomic E-state index is 0.103. The Balaban J connectivity index is 1.94. The van der Waals surface area contributed by atoms with Crippen molar-refractivity contribution in [3.63, 3.8) is 0 Å². The molecule has 0 saturated carbocycles. The average Bonchev–Trinajstić information content (AvgIpc) is 2.30. The van der Waals surface area contributed by atoms with Crippen LogP contribution in [0.15, 0.2) is 24.3 Å². The van der Waals surface area contributed by atoms with E-state index < -0.39 is 0 Å². The average molecular weight is 216 g/mol. The minimum Gasteiger partial charge on any atom is -0.381 e. The van der Waals surface area contributed by atoms with Crippen molar-refractivity contribution in [2.75, 3.05) is 13.2 Å². The van der Waals surface area contributed by atoms with E-state index in [-0.39, 0.29) is 6.10 Å². The molecule has 0 amide bonds. The third kappa shape index (κ3) is 3.10. The van der Waals surface area contributed by atoms with Crippen LogP contribution >= 0.6 is 0 Å². The van der Waals surface area contributed by atoms with Crippen LogP contribution in [0.1, 0.15) is 31.4 Å². The molecule has 84 valence electrons. The minimum atomic E-state index is 0.103. The van der Waals surface area contributed by atoms with Crippen molar-refractivity contribution < 1.29 is 9.47 Å². The van der Waals surface area contributed by atoms with Crippen LogP contribution < -0.4 is 5.46 Å². The SMILES string of the molecule is [B]c1cccc(C(C)OC2CCOCC2)c1. The zero-order chi connectivity index (χ0) is 11.4. The second kappa shape index (κ2) is 5.51. The highest BCUT2D eigenvalue weighted by atomic mass is 16.5. The Hall–Kier alpha value is -0.795. The number of ether oxygens (including phenoxy) is 2. The number of benzene rings is 1. The molecule has 1 aliphatic heterocycles. The van der Waals surface area contributed by atoms with Crippen LogP contribution in [-0.4, -0.2) is 27.2 Å². The topological polar surface area (TPSA) is 18.5 Å². The molecular formula is C13H17BO2. The largest absolute Gasteiger partial charge is 0.381 e. The van der Waals surface area contributed by atoms with E-state index in [2.05, 4.69) is 13.0 Å². The summed E-state index contributed by atoms with van der Waals surface area (Å²) < 4.78 is 11.3. The molecule has 0 N–H and O–H groups in total. The molecule has 0 bridgehead atoms. The molecule has 3 heteroatoms. The lowest BCUT2D eigenvalue weighted by Crippen LogP contribution is -2.24. The van der Waals surface area contributed by atoms with Gasteiger partial charge in [-0.15, -0.1) is 0 Å². The van der Waals surface area contributed by atoms with Crippen LogP contribution in [0, 0.1) is 0 Å². The molecule has 1 aliphatic rings. The second-order valence-corrected chi connectivity index (χ2v) is 4.26. The van der Waals surface area contributed by atoms with Gasteiger partial charge < -0.3 is 9.47 Å². The molecule has 2 rings (SSSR count). The summed E-state index contributed by atoms with van der Waals surface area (Å²) in [5, 5.41) is 0. The summed E-state index contributed by atoms with van der Waals surface area (Å²) in [6, 6.07) is 7.89. The van der Waals surface area contributed by atoms with Gasteiger partial charge in [0.05, 0.1) is 12.2 Å². The molecule has 0 aromatic heterocycles. The summed E-state index contributed by atoms with van der Waals surface area (Å²) in [6.07, 6.45) is 2.41. The van der Waals surface area contributed by atoms with E-state index in [1.807, 2.05) is 18.2 Å². The zero-order valence-electron chi connectivity index (χ0n) is 9.69. The summed E-state index contributed by atoms with van der Waals surface area (Å²) in [7, 11) is 5.75. The number of hydrogen-bond donors (Lipinski definition) is 0. The van der Waals surface area contributed by atoms with E-state index in [1.54, 1.807) is 0 Å². The predicted molar refractivity (Wildman–Crippen MR) is 65.2 cm³/mol. The Kier molecular flexibility index (Phi) is 4.02. The van der Waals surface area contributed by atoms with Gasteiger partial charge in [0, 0.05) is 13.2 Å². The maximum atomic E-state index is 6.00. The van der Waals surface area contributed by atoms with Crippen LogP contribution in [0.2, 0.25) is 0 Å². The van der Waals surface area contributed by atoms with Crippen LogP contribution in [0.3, 0.4) is 0 Å². The van der Waals surface area contributed by atoms with Gasteiger partial charge in [0.2, 0.25) is 0 Å². The quantitative estimate of drug-likeness (QED) is 0.716. The molecular weight excluding hydrogens is 199 g/mol. The molecule has 1 heterocycles. The smallest absolute Gasteiger partial charge is 0.113 e. The van der Waals surface area contributed by atoms with E-state index in [9.17, 15) is 0 Å². The van der Waals surface area contributed by atoms with E-state index in [1.165, 1.54) is 0 Å². The molecule has 1 unspecified atom stereocenters. The molecule has 1 aromatic rings. The standard InChI is InChI=1S/C13H17BO2/c1-10(11-3-2-4-12(14)9-11)16-13-5-7-15-8-6-13/h2-4,9-10,13H,5-8H2,1H3. The lowest BCUT2D eigenvalue weighted by molar-refractivity contribution is -0.0635. The first-order valence-corrected chi connectivity index (χ1v) is 5.84. The fourth-order valence-corrected chi connectivity index (χ4v) is 1.99. The summed E-state index contributed by atoms with van der Waals surface area (Å²) >= 11 is 0. The molecule has 0 aliphatic carbocycles. The predicted octanol–water partition coefficient (Wildman–Crippen LogP) is 1.74. The summed E-state index contributed by atoms with van der Waals surface area (Å²) in [6.45, 7) is 3.70. The summed E-state index contributed by atoms with van der Waals surface area (Å²) in [4.78, 5) is 0. The van der Waals surface area contributed by atoms with Crippen molar-refractivity contribution in [3.05, 3.63) is 29.8 Å². The van der Waals surface area contributed by atoms with E-state index in [0.717, 1.165) is 37.1 Å². The first-order valence-electron chi connectivity index (χ1n) is 5.84. The van der Waals surface area contributed by atoms with Crippen molar-refractivity contribution in [2.45, 2.75) is 32.0 Å². The van der Waals surface area contributed by atoms with Crippen molar-refractivity contribution in [2.24, 2.45) is 0 Å². The monoisotopic (exact) mass is 216 g/mol. The Morgan fingerprint density at radius 3 is 2.81 bits per heavy atom. The highest BCUT2D eigenvalue weighted by Crippen LogP contribution is 2.21. The highest BCUT2D eigenvalue weighted by molar-refractivity contribution is 6.32. The number of hydrogen-bond acceptors (Lipinski definition) is 2. The maximum absolute atomic E-state index is 6.00. The summed E-state index contributed by atoms with van der Waals surface area (Å²) in [5.41, 5.74) is 1.94. The van der Waals surface area contributed by atoms with Gasteiger partial charge in [-0.05, 0) is 25.3 Å². The Morgan fingerprint density at radius 2 is 2.12 bits per heavy atom. The van der Waals surface area contributed by atoms with Crippen LogP contribution in [0.25, 0.3) is 0 Å². The fourth-order valence-electron chi connectivity index (χ4n) is 1.99. The van der Waals surface area contributed by atoms with Crippen molar-refractivity contribution in [3.8, 4) is 0 Å². The molecule has 1 atom stereocenters. The van der Waals surface area contributed by atoms with Crippen LogP contribution in [0.4, 0.5) is 0 Å². The third-order valence-corrected chi connectivity index (χ3v) is 2.95. The molecule has 2 radical (unpaired) electrons. The first kappa shape index (κ1) is 11.7. The lowest BCUT2D eigenvalue weighted by atomic mass is 9.93. The van der Waals surface area contributed by atoms with Crippen molar-refractivity contribution >= 4 is 13.3 Å². The van der Waals surface area contributed by atoms with E-state index in [0.29, 0.717) is 6.10 Å². The molecule has 1 fully saturated rings. The maximum Gasteiger partial charge on any atom is 0.113 e. The molecule has 2 nitrogen and oxygen atoms in total.